The van der Waals surface area contributed by atoms with Crippen molar-refractivity contribution in [1.29, 1.82) is 0 Å². The molecule has 2 N–H and O–H groups in total. The van der Waals surface area contributed by atoms with Crippen molar-refractivity contribution >= 4 is 39.4 Å². The third-order valence-electron chi connectivity index (χ3n) is 7.47. The van der Waals surface area contributed by atoms with E-state index in [1.807, 2.05) is 20.8 Å². The molecule has 4 rings (SSSR count). The highest BCUT2D eigenvalue weighted by Gasteiger charge is 2.64. The number of amides is 3. The lowest BCUT2D eigenvalue weighted by Crippen LogP contribution is -2.60. The molecule has 2 fully saturated rings. The van der Waals surface area contributed by atoms with E-state index >= 15 is 0 Å². The van der Waals surface area contributed by atoms with E-state index in [0.717, 1.165) is 4.90 Å². The molecule has 35 heavy (non-hydrogen) atoms. The molecule has 0 spiro atoms. The molecule has 1 saturated heterocycles. The Morgan fingerprint density at radius 3 is 2.29 bits per heavy atom. The second kappa shape index (κ2) is 8.40. The van der Waals surface area contributed by atoms with Crippen molar-refractivity contribution in [3.8, 4) is 0 Å². The molecule has 2 unspecified atom stereocenters. The molecule has 2 aliphatic rings. The van der Waals surface area contributed by atoms with Gasteiger partial charge in [0.2, 0.25) is 23.7 Å². The number of rotatable bonds is 6. The van der Waals surface area contributed by atoms with Crippen molar-refractivity contribution in [2.24, 2.45) is 16.7 Å². The number of fused-ring (bicyclic) bond motifs is 2. The monoisotopic (exact) mass is 499 g/mol. The van der Waals surface area contributed by atoms with Gasteiger partial charge in [0.05, 0.1) is 10.3 Å². The molecule has 1 aliphatic carbocycles. The molecule has 1 aromatic carbocycles. The largest absolute Gasteiger partial charge is 0.325 e. The Morgan fingerprint density at radius 1 is 1.09 bits per heavy atom. The Bertz CT molecular complexity index is 1300. The number of imide groups is 1. The summed E-state index contributed by atoms with van der Waals surface area (Å²) in [6, 6.07) is 7.26. The van der Waals surface area contributed by atoms with E-state index in [2.05, 4.69) is 20.0 Å². The first-order valence-corrected chi connectivity index (χ1v) is 12.8. The van der Waals surface area contributed by atoms with E-state index in [-0.39, 0.29) is 35.1 Å². The van der Waals surface area contributed by atoms with E-state index in [1.54, 1.807) is 19.9 Å². The maximum atomic E-state index is 13.1. The van der Waals surface area contributed by atoms with Crippen LogP contribution < -0.4 is 10.0 Å². The molecule has 2 heterocycles. The molecule has 11 heteroatoms. The van der Waals surface area contributed by atoms with E-state index in [1.165, 1.54) is 24.3 Å². The molecule has 0 radical (unpaired) electrons. The van der Waals surface area contributed by atoms with Gasteiger partial charge < -0.3 is 5.32 Å². The van der Waals surface area contributed by atoms with Crippen molar-refractivity contribution in [3.63, 3.8) is 0 Å². The second-order valence-electron chi connectivity index (χ2n) is 10.0. The van der Waals surface area contributed by atoms with Crippen LogP contribution in [0.3, 0.4) is 0 Å². The number of anilines is 2. The minimum Gasteiger partial charge on any atom is -0.325 e. The van der Waals surface area contributed by atoms with Gasteiger partial charge in [-0.2, -0.15) is 0 Å². The number of nitrogens with zero attached hydrogens (tertiary/aromatic N) is 3. The van der Waals surface area contributed by atoms with Crippen molar-refractivity contribution in [1.82, 2.24) is 14.9 Å². The smallest absolute Gasteiger partial charge is 0.264 e. The second-order valence-corrected chi connectivity index (χ2v) is 11.7. The highest BCUT2D eigenvalue weighted by atomic mass is 32.2. The van der Waals surface area contributed by atoms with Crippen LogP contribution in [-0.4, -0.2) is 47.6 Å². The maximum Gasteiger partial charge on any atom is 0.264 e. The van der Waals surface area contributed by atoms with Gasteiger partial charge in [0.1, 0.15) is 6.54 Å². The molecule has 2 atom stereocenters. The SMILES string of the molecule is Cc1cc(C)nc(NS(=O)(=O)c2ccc(NC(=O)CN3C(=O)C4CCC(C)(C3=O)C4(C)C)cc2)n1. The Labute approximate surface area is 204 Å². The van der Waals surface area contributed by atoms with Crippen LogP contribution in [0, 0.1) is 30.6 Å². The third-order valence-corrected chi connectivity index (χ3v) is 8.81. The fourth-order valence-corrected chi connectivity index (χ4v) is 6.01. The first-order chi connectivity index (χ1) is 16.2. The van der Waals surface area contributed by atoms with Crippen molar-refractivity contribution in [2.45, 2.75) is 52.4 Å². The van der Waals surface area contributed by atoms with Gasteiger partial charge in [0.25, 0.3) is 10.0 Å². The van der Waals surface area contributed by atoms with Crippen LogP contribution in [-0.2, 0) is 24.4 Å². The molecule has 1 aromatic heterocycles. The average molecular weight is 500 g/mol. The van der Waals surface area contributed by atoms with Crippen LogP contribution in [0.2, 0.25) is 0 Å². The highest BCUT2D eigenvalue weighted by molar-refractivity contribution is 7.92. The highest BCUT2D eigenvalue weighted by Crippen LogP contribution is 2.59. The van der Waals surface area contributed by atoms with Gasteiger partial charge in [0.15, 0.2) is 0 Å². The fraction of sp³-hybridized carbons (Fsp3) is 0.458. The quantitative estimate of drug-likeness (QED) is 0.583. The van der Waals surface area contributed by atoms with Crippen LogP contribution in [0.15, 0.2) is 35.2 Å². The number of aromatic nitrogens is 2. The molecule has 186 valence electrons. The summed E-state index contributed by atoms with van der Waals surface area (Å²) in [5, 5.41) is 2.63. The number of aryl methyl sites for hydroxylation is 2. The molecule has 10 nitrogen and oxygen atoms in total. The zero-order valence-electron chi connectivity index (χ0n) is 20.4. The molecular weight excluding hydrogens is 470 g/mol. The Morgan fingerprint density at radius 2 is 1.69 bits per heavy atom. The van der Waals surface area contributed by atoms with Gasteiger partial charge in [-0.25, -0.2) is 23.1 Å². The normalized spacial score (nSPS) is 23.3. The summed E-state index contributed by atoms with van der Waals surface area (Å²) in [6.45, 7) is 8.83. The van der Waals surface area contributed by atoms with Gasteiger partial charge in [-0.1, -0.05) is 20.8 Å². The number of sulfonamides is 1. The van der Waals surface area contributed by atoms with Crippen LogP contribution in [0.4, 0.5) is 11.6 Å². The summed E-state index contributed by atoms with van der Waals surface area (Å²) < 4.78 is 27.7. The molecular formula is C24H29N5O5S. The lowest BCUT2D eigenvalue weighted by Gasteiger charge is -2.47. The predicted molar refractivity (Wildman–Crippen MR) is 129 cm³/mol. The third kappa shape index (κ3) is 4.29. The van der Waals surface area contributed by atoms with E-state index < -0.39 is 26.8 Å². The van der Waals surface area contributed by atoms with E-state index in [9.17, 15) is 22.8 Å². The van der Waals surface area contributed by atoms with Crippen molar-refractivity contribution in [2.75, 3.05) is 16.6 Å². The Balaban J connectivity index is 1.43. The number of carbonyl (C=O) groups excluding carboxylic acids is 3. The van der Waals surface area contributed by atoms with Crippen LogP contribution in [0.5, 0.6) is 0 Å². The van der Waals surface area contributed by atoms with E-state index in [4.69, 9.17) is 0 Å². The topological polar surface area (TPSA) is 138 Å². The fourth-order valence-electron chi connectivity index (χ4n) is 5.06. The predicted octanol–water partition coefficient (Wildman–Crippen LogP) is 2.64. The summed E-state index contributed by atoms with van der Waals surface area (Å²) in [5.74, 6) is -1.49. The van der Waals surface area contributed by atoms with Gasteiger partial charge >= 0.3 is 0 Å². The standard InChI is InChI=1S/C24H29N5O5S/c1-14-12-15(2)26-22(25-14)28-35(33,34)17-8-6-16(7-9-17)27-19(30)13-29-20(31)18-10-11-24(5,21(29)32)23(18,3)4/h6-9,12,18H,10-11,13H2,1-5H3,(H,27,30)(H,25,26,28). The average Bonchev–Trinajstić information content (AvgIpc) is 2.94. The van der Waals surface area contributed by atoms with Crippen molar-refractivity contribution in [3.05, 3.63) is 41.7 Å². The van der Waals surface area contributed by atoms with Gasteiger partial charge in [-0.3, -0.25) is 19.3 Å². The number of benzene rings is 1. The minimum absolute atomic E-state index is 0.0263. The van der Waals surface area contributed by atoms with Crippen LogP contribution in [0.1, 0.15) is 45.0 Å². The number of carbonyl (C=O) groups is 3. The lowest BCUT2D eigenvalue weighted by molar-refractivity contribution is -0.168. The summed E-state index contributed by atoms with van der Waals surface area (Å²) in [4.78, 5) is 47.9. The summed E-state index contributed by atoms with van der Waals surface area (Å²) in [6.07, 6.45) is 1.24. The van der Waals surface area contributed by atoms with Gasteiger partial charge in [-0.15, -0.1) is 0 Å². The zero-order chi connectivity index (χ0) is 25.8. The number of hydrogen-bond donors (Lipinski definition) is 2. The summed E-state index contributed by atoms with van der Waals surface area (Å²) >= 11 is 0. The number of nitrogens with one attached hydrogen (secondary N) is 2. The van der Waals surface area contributed by atoms with E-state index in [0.29, 0.717) is 29.9 Å². The summed E-state index contributed by atoms with van der Waals surface area (Å²) in [7, 11) is -3.94. The number of piperidine rings is 1. The molecule has 2 aromatic rings. The van der Waals surface area contributed by atoms with Gasteiger partial charge in [-0.05, 0) is 62.4 Å². The zero-order valence-corrected chi connectivity index (χ0v) is 21.2. The molecule has 1 aliphatic heterocycles. The Hall–Kier alpha value is -3.34. The summed E-state index contributed by atoms with van der Waals surface area (Å²) in [5.41, 5.74) is 0.456. The van der Waals surface area contributed by atoms with Crippen molar-refractivity contribution < 1.29 is 22.8 Å². The van der Waals surface area contributed by atoms with Gasteiger partial charge in [0, 0.05) is 23.0 Å². The maximum absolute atomic E-state index is 13.1. The molecule has 2 bridgehead atoms. The van der Waals surface area contributed by atoms with Crippen LogP contribution in [0.25, 0.3) is 0 Å². The first kappa shape index (κ1) is 24.8. The minimum atomic E-state index is -3.94. The Kier molecular flexibility index (Phi) is 5.95. The number of likely N-dealkylation sites (tertiary alicyclic amines) is 1. The first-order valence-electron chi connectivity index (χ1n) is 11.4. The molecule has 3 amide bonds. The van der Waals surface area contributed by atoms with Crippen LogP contribution >= 0.6 is 0 Å². The number of hydrogen-bond acceptors (Lipinski definition) is 7. The molecule has 1 saturated carbocycles. The lowest BCUT2D eigenvalue weighted by atomic mass is 9.62.